The third kappa shape index (κ3) is 5.54. The summed E-state index contributed by atoms with van der Waals surface area (Å²) in [6.45, 7) is 0. The second-order valence-electron chi connectivity index (χ2n) is 8.08. The van der Waals surface area contributed by atoms with E-state index in [0.29, 0.717) is 28.2 Å². The summed E-state index contributed by atoms with van der Waals surface area (Å²) in [5, 5.41) is 12.6. The van der Waals surface area contributed by atoms with Crippen molar-refractivity contribution in [3.05, 3.63) is 53.6 Å². The fraction of sp³-hybridized carbons (Fsp3) is 0.348. The maximum absolute atomic E-state index is 5.93. The Morgan fingerprint density at radius 3 is 2.35 bits per heavy atom. The van der Waals surface area contributed by atoms with Gasteiger partial charge in [0.1, 0.15) is 5.82 Å². The number of rotatable bonds is 5. The smallest absolute Gasteiger partial charge is 0.225 e. The lowest BCUT2D eigenvalue weighted by Gasteiger charge is -2.30. The van der Waals surface area contributed by atoms with E-state index in [1.807, 2.05) is 61.5 Å². The molecule has 1 saturated carbocycles. The van der Waals surface area contributed by atoms with E-state index in [2.05, 4.69) is 22.0 Å². The van der Waals surface area contributed by atoms with Crippen molar-refractivity contribution in [1.29, 1.82) is 0 Å². The van der Waals surface area contributed by atoms with Crippen molar-refractivity contribution in [3.8, 4) is 0 Å². The zero-order chi connectivity index (χ0) is 21.8. The lowest BCUT2D eigenvalue weighted by molar-refractivity contribution is 0.387. The third-order valence-electron chi connectivity index (χ3n) is 5.50. The molecule has 0 radical (unpaired) electrons. The van der Waals surface area contributed by atoms with Crippen LogP contribution in [0.5, 0.6) is 0 Å². The quantitative estimate of drug-likeness (QED) is 0.465. The summed E-state index contributed by atoms with van der Waals surface area (Å²) in [5.74, 6) is 1.63. The first-order valence-corrected chi connectivity index (χ1v) is 11.3. The Bertz CT molecular complexity index is 1050. The van der Waals surface area contributed by atoms with E-state index in [4.69, 9.17) is 33.8 Å². The molecule has 8 heteroatoms. The van der Waals surface area contributed by atoms with Crippen LogP contribution in [0.4, 0.5) is 17.5 Å². The van der Waals surface area contributed by atoms with Crippen molar-refractivity contribution >= 4 is 57.3 Å². The molecule has 0 spiro atoms. The number of para-hydroxylation sites is 1. The second kappa shape index (κ2) is 9.66. The first-order valence-electron chi connectivity index (χ1n) is 10.5. The van der Waals surface area contributed by atoms with Gasteiger partial charge in [-0.15, -0.1) is 0 Å². The van der Waals surface area contributed by atoms with Crippen molar-refractivity contribution in [2.24, 2.45) is 0 Å². The Hall–Kier alpha value is -2.64. The van der Waals surface area contributed by atoms with Gasteiger partial charge in [0.15, 0.2) is 5.11 Å². The number of hydrogen-bond donors (Lipinski definition) is 3. The third-order valence-corrected chi connectivity index (χ3v) is 5.98. The molecule has 0 bridgehead atoms. The average Bonchev–Trinajstić information content (AvgIpc) is 2.76. The van der Waals surface area contributed by atoms with Crippen molar-refractivity contribution < 1.29 is 0 Å². The van der Waals surface area contributed by atoms with Crippen LogP contribution in [-0.4, -0.2) is 41.3 Å². The van der Waals surface area contributed by atoms with Crippen molar-refractivity contribution in [3.63, 3.8) is 0 Å². The molecule has 3 N–H and O–H groups in total. The Kier molecular flexibility index (Phi) is 6.73. The van der Waals surface area contributed by atoms with Crippen molar-refractivity contribution in [1.82, 2.24) is 15.3 Å². The molecule has 1 fully saturated rings. The van der Waals surface area contributed by atoms with Gasteiger partial charge in [0.05, 0.1) is 5.52 Å². The molecule has 31 heavy (non-hydrogen) atoms. The minimum absolute atomic E-state index is 0.354. The number of fused-ring (bicyclic) bond motifs is 1. The zero-order valence-corrected chi connectivity index (χ0v) is 19.3. The number of anilines is 3. The van der Waals surface area contributed by atoms with Gasteiger partial charge in [0, 0.05) is 42.3 Å². The lowest BCUT2D eigenvalue weighted by Crippen LogP contribution is -2.42. The molecule has 1 heterocycles. The van der Waals surface area contributed by atoms with E-state index in [1.165, 1.54) is 0 Å². The molecule has 0 amide bonds. The highest BCUT2D eigenvalue weighted by Crippen LogP contribution is 2.26. The van der Waals surface area contributed by atoms with Gasteiger partial charge >= 0.3 is 0 Å². The van der Waals surface area contributed by atoms with Gasteiger partial charge < -0.3 is 20.9 Å². The molecule has 2 aromatic carbocycles. The van der Waals surface area contributed by atoms with Crippen LogP contribution in [0.1, 0.15) is 25.7 Å². The number of nitrogens with one attached hydrogen (secondary N) is 3. The Morgan fingerprint density at radius 1 is 0.968 bits per heavy atom. The van der Waals surface area contributed by atoms with E-state index in [1.54, 1.807) is 0 Å². The van der Waals surface area contributed by atoms with E-state index >= 15 is 0 Å². The van der Waals surface area contributed by atoms with Crippen LogP contribution >= 0.6 is 23.8 Å². The van der Waals surface area contributed by atoms with Gasteiger partial charge in [-0.3, -0.25) is 0 Å². The standard InChI is InChI=1S/C23H27ClN6S/c1-30(2)21-19-5-3-4-6-20(19)28-22(29-21)25-16-11-13-18(14-12-16)27-23(31)26-17-9-7-15(24)8-10-17/h3-10,16,18H,11-14H2,1-2H3,(H,25,28,29)(H2,26,27,31)/t16-,18+. The fourth-order valence-electron chi connectivity index (χ4n) is 3.92. The maximum atomic E-state index is 5.93. The number of halogens is 1. The summed E-state index contributed by atoms with van der Waals surface area (Å²) >= 11 is 11.4. The van der Waals surface area contributed by atoms with Gasteiger partial charge in [-0.25, -0.2) is 4.98 Å². The topological polar surface area (TPSA) is 65.1 Å². The Labute approximate surface area is 193 Å². The molecule has 6 nitrogen and oxygen atoms in total. The molecule has 4 rings (SSSR count). The largest absolute Gasteiger partial charge is 0.362 e. The number of benzene rings is 2. The number of nitrogens with zero attached hydrogens (tertiary/aromatic N) is 3. The zero-order valence-electron chi connectivity index (χ0n) is 17.7. The second-order valence-corrected chi connectivity index (χ2v) is 8.93. The minimum Gasteiger partial charge on any atom is -0.362 e. The molecule has 0 aliphatic heterocycles. The molecule has 0 atom stereocenters. The Balaban J connectivity index is 1.32. The number of thiocarbonyl (C=S) groups is 1. The van der Waals surface area contributed by atoms with Crippen LogP contribution in [0.3, 0.4) is 0 Å². The summed E-state index contributed by atoms with van der Waals surface area (Å²) in [6, 6.07) is 16.4. The van der Waals surface area contributed by atoms with E-state index in [0.717, 1.165) is 48.1 Å². The first-order chi connectivity index (χ1) is 15.0. The van der Waals surface area contributed by atoms with E-state index < -0.39 is 0 Å². The SMILES string of the molecule is CN(C)c1nc(N[C@H]2CC[C@@H](NC(=S)Nc3ccc(Cl)cc3)CC2)nc2ccccc12. The monoisotopic (exact) mass is 454 g/mol. The molecule has 1 aliphatic rings. The fourth-order valence-corrected chi connectivity index (χ4v) is 4.33. The highest BCUT2D eigenvalue weighted by molar-refractivity contribution is 7.80. The normalized spacial score (nSPS) is 18.4. The van der Waals surface area contributed by atoms with Crippen LogP contribution in [0.2, 0.25) is 5.02 Å². The maximum Gasteiger partial charge on any atom is 0.225 e. The van der Waals surface area contributed by atoms with Gasteiger partial charge in [0.2, 0.25) is 5.95 Å². The van der Waals surface area contributed by atoms with Crippen molar-refractivity contribution in [2.45, 2.75) is 37.8 Å². The molecule has 0 saturated heterocycles. The molecule has 3 aromatic rings. The summed E-state index contributed by atoms with van der Waals surface area (Å²) in [4.78, 5) is 11.5. The predicted molar refractivity (Wildman–Crippen MR) is 134 cm³/mol. The van der Waals surface area contributed by atoms with Crippen LogP contribution in [-0.2, 0) is 0 Å². The van der Waals surface area contributed by atoms with Gasteiger partial charge in [-0.05, 0) is 74.3 Å². The van der Waals surface area contributed by atoms with Crippen molar-refractivity contribution in [2.75, 3.05) is 29.6 Å². The molecule has 1 aliphatic carbocycles. The summed E-state index contributed by atoms with van der Waals surface area (Å²) < 4.78 is 0. The van der Waals surface area contributed by atoms with E-state index in [-0.39, 0.29) is 0 Å². The number of aromatic nitrogens is 2. The Morgan fingerprint density at radius 2 is 1.65 bits per heavy atom. The summed E-state index contributed by atoms with van der Waals surface area (Å²) in [6.07, 6.45) is 4.14. The van der Waals surface area contributed by atoms with Crippen LogP contribution in [0.15, 0.2) is 48.5 Å². The summed E-state index contributed by atoms with van der Waals surface area (Å²) in [5.41, 5.74) is 1.89. The first kappa shape index (κ1) is 21.6. The highest BCUT2D eigenvalue weighted by Gasteiger charge is 2.22. The molecular weight excluding hydrogens is 428 g/mol. The van der Waals surface area contributed by atoms with Crippen LogP contribution in [0, 0.1) is 0 Å². The predicted octanol–water partition coefficient (Wildman–Crippen LogP) is 5.06. The molecular formula is C23H27ClN6S. The van der Waals surface area contributed by atoms with Gasteiger partial charge in [-0.2, -0.15) is 4.98 Å². The molecule has 162 valence electrons. The molecule has 0 unspecified atom stereocenters. The van der Waals surface area contributed by atoms with Crippen LogP contribution < -0.4 is 20.9 Å². The van der Waals surface area contributed by atoms with E-state index in [9.17, 15) is 0 Å². The number of hydrogen-bond acceptors (Lipinski definition) is 5. The van der Waals surface area contributed by atoms with Gasteiger partial charge in [0.25, 0.3) is 0 Å². The summed E-state index contributed by atoms with van der Waals surface area (Å²) in [7, 11) is 4.02. The highest BCUT2D eigenvalue weighted by atomic mass is 35.5. The van der Waals surface area contributed by atoms with Crippen LogP contribution in [0.25, 0.3) is 10.9 Å². The lowest BCUT2D eigenvalue weighted by atomic mass is 9.91. The average molecular weight is 455 g/mol. The van der Waals surface area contributed by atoms with Gasteiger partial charge in [-0.1, -0.05) is 23.7 Å². The molecule has 1 aromatic heterocycles. The minimum atomic E-state index is 0.354.